The molecule has 0 N–H and O–H groups in total. The molecule has 0 bridgehead atoms. The highest BCUT2D eigenvalue weighted by Crippen LogP contribution is 2.33. The number of hydrogen-bond donors (Lipinski definition) is 0. The van der Waals surface area contributed by atoms with Gasteiger partial charge in [0.1, 0.15) is 23.9 Å². The lowest BCUT2D eigenvalue weighted by atomic mass is 10.1. The summed E-state index contributed by atoms with van der Waals surface area (Å²) in [5, 5.41) is 0. The summed E-state index contributed by atoms with van der Waals surface area (Å²) in [5.41, 5.74) is 2.54. The van der Waals surface area contributed by atoms with E-state index in [0.717, 1.165) is 22.5 Å². The molecule has 0 aliphatic carbocycles. The third kappa shape index (κ3) is 1.37. The van der Waals surface area contributed by atoms with Crippen LogP contribution in [0.2, 0.25) is 0 Å². The van der Waals surface area contributed by atoms with E-state index < -0.39 is 0 Å². The number of para-hydroxylation sites is 1. The Morgan fingerprint density at radius 3 is 2.95 bits per heavy atom. The topological polar surface area (TPSA) is 49.0 Å². The minimum Gasteiger partial charge on any atom is -0.489 e. The van der Waals surface area contributed by atoms with Crippen molar-refractivity contribution in [3.8, 4) is 5.75 Å². The smallest absolute Gasteiger partial charge is 0.329 e. The first kappa shape index (κ1) is 11.3. The molecular weight excluding hydrogens is 254 g/mol. The molecule has 0 spiro atoms. The molecular formula is C15H13N3O2. The monoisotopic (exact) mass is 267 g/mol. The largest absolute Gasteiger partial charge is 0.489 e. The quantitative estimate of drug-likeness (QED) is 0.674. The van der Waals surface area contributed by atoms with E-state index in [0.29, 0.717) is 6.61 Å². The molecule has 5 heteroatoms. The molecule has 4 rings (SSSR count). The van der Waals surface area contributed by atoms with Gasteiger partial charge in [0.05, 0.1) is 11.2 Å². The summed E-state index contributed by atoms with van der Waals surface area (Å²) in [6, 6.07) is 11.3. The van der Waals surface area contributed by atoms with Gasteiger partial charge in [-0.15, -0.1) is 0 Å². The molecule has 1 aliphatic heterocycles. The minimum absolute atomic E-state index is 0.0357. The molecule has 1 atom stereocenters. The second kappa shape index (κ2) is 3.96. The fourth-order valence-corrected chi connectivity index (χ4v) is 2.82. The number of rotatable bonds is 1. The Morgan fingerprint density at radius 1 is 1.25 bits per heavy atom. The maximum Gasteiger partial charge on any atom is 0.329 e. The van der Waals surface area contributed by atoms with E-state index in [1.165, 1.54) is 0 Å². The van der Waals surface area contributed by atoms with Crippen LogP contribution in [0, 0.1) is 0 Å². The molecule has 0 amide bonds. The van der Waals surface area contributed by atoms with Crippen molar-refractivity contribution in [2.45, 2.75) is 6.04 Å². The third-order valence-corrected chi connectivity index (χ3v) is 3.81. The molecule has 3 aromatic rings. The Kier molecular flexibility index (Phi) is 2.24. The molecule has 2 aromatic heterocycles. The van der Waals surface area contributed by atoms with Crippen LogP contribution in [0.5, 0.6) is 5.75 Å². The fraction of sp³-hybridized carbons (Fsp3) is 0.200. The van der Waals surface area contributed by atoms with Gasteiger partial charge < -0.3 is 4.74 Å². The van der Waals surface area contributed by atoms with Crippen molar-refractivity contribution in [3.05, 3.63) is 58.8 Å². The second-order valence-electron chi connectivity index (χ2n) is 4.92. The number of aryl methyl sites for hydroxylation is 1. The Morgan fingerprint density at radius 2 is 2.15 bits per heavy atom. The van der Waals surface area contributed by atoms with Gasteiger partial charge in [-0.25, -0.2) is 4.79 Å². The maximum atomic E-state index is 12.5. The van der Waals surface area contributed by atoms with Gasteiger partial charge in [-0.3, -0.25) is 14.1 Å². The highest BCUT2D eigenvalue weighted by molar-refractivity contribution is 5.83. The molecule has 5 nitrogen and oxygen atoms in total. The lowest BCUT2D eigenvalue weighted by Gasteiger charge is -2.24. The average molecular weight is 267 g/mol. The van der Waals surface area contributed by atoms with Crippen LogP contribution in [0.25, 0.3) is 11.0 Å². The molecule has 20 heavy (non-hydrogen) atoms. The molecule has 3 heterocycles. The first-order valence-corrected chi connectivity index (χ1v) is 6.51. The summed E-state index contributed by atoms with van der Waals surface area (Å²) in [4.78, 5) is 16.9. The molecule has 0 fully saturated rings. The minimum atomic E-state index is -0.178. The molecule has 0 saturated heterocycles. The molecule has 1 unspecified atom stereocenters. The number of aromatic nitrogens is 3. The zero-order valence-corrected chi connectivity index (χ0v) is 11.0. The van der Waals surface area contributed by atoms with Gasteiger partial charge in [-0.05, 0) is 24.3 Å². The van der Waals surface area contributed by atoms with Crippen LogP contribution < -0.4 is 10.4 Å². The first-order valence-electron chi connectivity index (χ1n) is 6.51. The summed E-state index contributed by atoms with van der Waals surface area (Å²) < 4.78 is 9.26. The van der Waals surface area contributed by atoms with Gasteiger partial charge in [0, 0.05) is 13.2 Å². The number of ether oxygens (including phenoxy) is 1. The highest BCUT2D eigenvalue weighted by atomic mass is 16.5. The fourth-order valence-electron chi connectivity index (χ4n) is 2.82. The summed E-state index contributed by atoms with van der Waals surface area (Å²) in [6.45, 7) is 0.424. The summed E-state index contributed by atoms with van der Waals surface area (Å²) >= 11 is 0. The Labute approximate surface area is 115 Å². The molecule has 0 radical (unpaired) electrons. The van der Waals surface area contributed by atoms with E-state index in [-0.39, 0.29) is 11.7 Å². The molecule has 0 saturated carbocycles. The van der Waals surface area contributed by atoms with Crippen LogP contribution in [0.1, 0.15) is 11.7 Å². The van der Waals surface area contributed by atoms with Gasteiger partial charge in [-0.2, -0.15) is 0 Å². The van der Waals surface area contributed by atoms with Crippen molar-refractivity contribution >= 4 is 11.0 Å². The van der Waals surface area contributed by atoms with Gasteiger partial charge >= 0.3 is 5.69 Å². The van der Waals surface area contributed by atoms with Crippen LogP contribution >= 0.6 is 0 Å². The van der Waals surface area contributed by atoms with Crippen LogP contribution in [0.4, 0.5) is 0 Å². The maximum absolute atomic E-state index is 12.5. The molecule has 100 valence electrons. The number of nitrogens with zero attached hydrogens (tertiary/aromatic N) is 3. The van der Waals surface area contributed by atoms with Gasteiger partial charge in [0.25, 0.3) is 0 Å². The van der Waals surface area contributed by atoms with E-state index in [1.807, 2.05) is 36.4 Å². The second-order valence-corrected chi connectivity index (χ2v) is 4.92. The third-order valence-electron chi connectivity index (χ3n) is 3.81. The van der Waals surface area contributed by atoms with E-state index in [2.05, 4.69) is 4.98 Å². The summed E-state index contributed by atoms with van der Waals surface area (Å²) in [6.07, 6.45) is 1.74. The lowest BCUT2D eigenvalue weighted by molar-refractivity contribution is 0.253. The summed E-state index contributed by atoms with van der Waals surface area (Å²) in [7, 11) is 1.78. The van der Waals surface area contributed by atoms with Gasteiger partial charge in [0.2, 0.25) is 0 Å². The average Bonchev–Trinajstić information content (AvgIpc) is 2.76. The number of imidazole rings is 1. The summed E-state index contributed by atoms with van der Waals surface area (Å²) in [5.74, 6) is 0.757. The van der Waals surface area contributed by atoms with Gasteiger partial charge in [0.15, 0.2) is 0 Å². The zero-order chi connectivity index (χ0) is 13.7. The van der Waals surface area contributed by atoms with E-state index in [1.54, 1.807) is 22.4 Å². The zero-order valence-electron chi connectivity index (χ0n) is 11.0. The van der Waals surface area contributed by atoms with Crippen molar-refractivity contribution < 1.29 is 4.74 Å². The van der Waals surface area contributed by atoms with E-state index in [9.17, 15) is 4.79 Å². The number of pyridine rings is 1. The standard InChI is InChI=1S/C15H13N3O2/c1-17-11-6-4-7-13-14(11)18(15(17)19)12(9-20-13)10-5-2-3-8-16-10/h2-8,12H,9H2,1H3. The van der Waals surface area contributed by atoms with Crippen LogP contribution in [0.3, 0.4) is 0 Å². The van der Waals surface area contributed by atoms with Crippen LogP contribution in [0.15, 0.2) is 47.4 Å². The lowest BCUT2D eigenvalue weighted by Crippen LogP contribution is -2.32. The SMILES string of the molecule is Cn1c(=O)n2c3c(cccc31)OCC2c1ccccn1. The molecule has 1 aromatic carbocycles. The Bertz CT molecular complexity index is 849. The van der Waals surface area contributed by atoms with Crippen LogP contribution in [-0.2, 0) is 7.05 Å². The first-order chi connectivity index (χ1) is 9.77. The van der Waals surface area contributed by atoms with Crippen molar-refractivity contribution in [2.75, 3.05) is 6.61 Å². The normalized spacial score (nSPS) is 17.1. The molecule has 1 aliphatic rings. The van der Waals surface area contributed by atoms with E-state index in [4.69, 9.17) is 4.74 Å². The van der Waals surface area contributed by atoms with Crippen molar-refractivity contribution in [3.63, 3.8) is 0 Å². The van der Waals surface area contributed by atoms with Crippen molar-refractivity contribution in [2.24, 2.45) is 7.05 Å². The predicted octanol–water partition coefficient (Wildman–Crippen LogP) is 1.72. The van der Waals surface area contributed by atoms with E-state index >= 15 is 0 Å². The van der Waals surface area contributed by atoms with Crippen LogP contribution in [-0.4, -0.2) is 20.7 Å². The number of benzene rings is 1. The Balaban J connectivity index is 2.06. The van der Waals surface area contributed by atoms with Crippen molar-refractivity contribution in [1.82, 2.24) is 14.1 Å². The Hall–Kier alpha value is -2.56. The van der Waals surface area contributed by atoms with Crippen molar-refractivity contribution in [1.29, 1.82) is 0 Å². The highest BCUT2D eigenvalue weighted by Gasteiger charge is 2.28. The van der Waals surface area contributed by atoms with Gasteiger partial charge in [-0.1, -0.05) is 12.1 Å². The predicted molar refractivity (Wildman–Crippen MR) is 75.1 cm³/mol. The number of hydrogen-bond acceptors (Lipinski definition) is 3.